The molecule has 2 rings (SSSR count). The first-order valence-electron chi connectivity index (χ1n) is 5.25. The molecule has 0 aromatic carbocycles. The van der Waals surface area contributed by atoms with Crippen molar-refractivity contribution in [2.24, 2.45) is 0 Å². The van der Waals surface area contributed by atoms with E-state index in [2.05, 4.69) is 36.5 Å². The number of halogens is 1. The summed E-state index contributed by atoms with van der Waals surface area (Å²) in [5.41, 5.74) is 1.17. The Hall–Kier alpha value is -1.95. The average molecular weight is 307 g/mol. The van der Waals surface area contributed by atoms with E-state index in [-0.39, 0.29) is 5.91 Å². The van der Waals surface area contributed by atoms with Crippen LogP contribution in [0.4, 0.5) is 11.5 Å². The molecule has 0 aliphatic rings. The van der Waals surface area contributed by atoms with Crippen LogP contribution in [0.1, 0.15) is 10.4 Å². The number of rotatable bonds is 3. The highest BCUT2D eigenvalue weighted by molar-refractivity contribution is 9.10. The van der Waals surface area contributed by atoms with Crippen molar-refractivity contribution in [3.8, 4) is 0 Å². The Morgan fingerprint density at radius 2 is 2.11 bits per heavy atom. The second kappa shape index (κ2) is 5.59. The highest BCUT2D eigenvalue weighted by atomic mass is 79.9. The van der Waals surface area contributed by atoms with Gasteiger partial charge in [0.05, 0.1) is 15.7 Å². The molecule has 0 bridgehead atoms. The molecule has 18 heavy (non-hydrogen) atoms. The van der Waals surface area contributed by atoms with E-state index in [4.69, 9.17) is 0 Å². The van der Waals surface area contributed by atoms with Crippen molar-refractivity contribution in [1.82, 2.24) is 9.97 Å². The molecule has 6 heteroatoms. The van der Waals surface area contributed by atoms with Crippen LogP contribution < -0.4 is 10.6 Å². The molecule has 2 aromatic heterocycles. The summed E-state index contributed by atoms with van der Waals surface area (Å²) in [6.07, 6.45) is 4.76. The average Bonchev–Trinajstić information content (AvgIpc) is 2.41. The maximum atomic E-state index is 12.0. The fourth-order valence-corrected chi connectivity index (χ4v) is 1.70. The van der Waals surface area contributed by atoms with Crippen LogP contribution in [0.15, 0.2) is 41.3 Å². The Kier molecular flexibility index (Phi) is 3.88. The van der Waals surface area contributed by atoms with Crippen molar-refractivity contribution in [3.05, 3.63) is 46.8 Å². The van der Waals surface area contributed by atoms with Crippen LogP contribution in [0.5, 0.6) is 0 Å². The number of hydrogen-bond donors (Lipinski definition) is 2. The Labute approximate surface area is 113 Å². The summed E-state index contributed by atoms with van der Waals surface area (Å²) in [6.45, 7) is 0. The van der Waals surface area contributed by atoms with Crippen molar-refractivity contribution in [3.63, 3.8) is 0 Å². The molecule has 5 nitrogen and oxygen atoms in total. The number of aromatic nitrogens is 2. The van der Waals surface area contributed by atoms with E-state index < -0.39 is 0 Å². The molecule has 0 atom stereocenters. The van der Waals surface area contributed by atoms with Gasteiger partial charge in [-0.1, -0.05) is 0 Å². The molecule has 2 heterocycles. The molecule has 0 unspecified atom stereocenters. The third-order valence-electron chi connectivity index (χ3n) is 2.30. The van der Waals surface area contributed by atoms with E-state index in [0.717, 1.165) is 10.3 Å². The minimum Gasteiger partial charge on any atom is -0.373 e. The van der Waals surface area contributed by atoms with Crippen LogP contribution in [-0.2, 0) is 0 Å². The second-order valence-electron chi connectivity index (χ2n) is 3.49. The molecule has 0 saturated heterocycles. The standard InChI is InChI=1S/C12H11BrN4O/c1-14-11-3-2-8(6-16-11)12(18)17-10-4-5-15-7-9(10)13/h2-7H,1H3,(H,14,16)(H,15,17,18). The highest BCUT2D eigenvalue weighted by Gasteiger charge is 2.08. The van der Waals surface area contributed by atoms with Gasteiger partial charge in [-0.2, -0.15) is 0 Å². The Balaban J connectivity index is 2.14. The number of carbonyl (C=O) groups excluding carboxylic acids is 1. The zero-order valence-corrected chi connectivity index (χ0v) is 11.2. The van der Waals surface area contributed by atoms with Crippen molar-refractivity contribution >= 4 is 33.3 Å². The van der Waals surface area contributed by atoms with Gasteiger partial charge in [-0.15, -0.1) is 0 Å². The monoisotopic (exact) mass is 306 g/mol. The smallest absolute Gasteiger partial charge is 0.257 e. The predicted octanol–water partition coefficient (Wildman–Crippen LogP) is 2.53. The van der Waals surface area contributed by atoms with Crippen molar-refractivity contribution in [2.75, 3.05) is 17.7 Å². The second-order valence-corrected chi connectivity index (χ2v) is 4.35. The fourth-order valence-electron chi connectivity index (χ4n) is 1.35. The zero-order chi connectivity index (χ0) is 13.0. The highest BCUT2D eigenvalue weighted by Crippen LogP contribution is 2.20. The number of nitrogens with zero attached hydrogens (tertiary/aromatic N) is 2. The van der Waals surface area contributed by atoms with Gasteiger partial charge in [-0.25, -0.2) is 4.98 Å². The number of pyridine rings is 2. The molecular weight excluding hydrogens is 296 g/mol. The van der Waals surface area contributed by atoms with Crippen LogP contribution in [-0.4, -0.2) is 22.9 Å². The van der Waals surface area contributed by atoms with E-state index in [0.29, 0.717) is 11.3 Å². The van der Waals surface area contributed by atoms with Gasteiger partial charge in [-0.05, 0) is 34.1 Å². The SMILES string of the molecule is CNc1ccc(C(=O)Nc2ccncc2Br)cn1. The van der Waals surface area contributed by atoms with E-state index in [1.54, 1.807) is 37.6 Å². The first-order valence-corrected chi connectivity index (χ1v) is 6.04. The summed E-state index contributed by atoms with van der Waals surface area (Å²) in [4.78, 5) is 20.0. The number of nitrogens with one attached hydrogen (secondary N) is 2. The van der Waals surface area contributed by atoms with Crippen molar-refractivity contribution in [1.29, 1.82) is 0 Å². The predicted molar refractivity (Wildman–Crippen MR) is 73.7 cm³/mol. The van der Waals surface area contributed by atoms with Gasteiger partial charge < -0.3 is 10.6 Å². The van der Waals surface area contributed by atoms with Gasteiger partial charge in [0, 0.05) is 25.6 Å². The summed E-state index contributed by atoms with van der Waals surface area (Å²) < 4.78 is 0.734. The molecule has 0 saturated carbocycles. The largest absolute Gasteiger partial charge is 0.373 e. The number of carbonyl (C=O) groups is 1. The van der Waals surface area contributed by atoms with Crippen molar-refractivity contribution in [2.45, 2.75) is 0 Å². The maximum Gasteiger partial charge on any atom is 0.257 e. The Morgan fingerprint density at radius 3 is 2.72 bits per heavy atom. The normalized spacial score (nSPS) is 9.89. The number of anilines is 2. The molecule has 2 aromatic rings. The van der Waals surface area contributed by atoms with Crippen LogP contribution in [0.25, 0.3) is 0 Å². The molecule has 0 aliphatic carbocycles. The topological polar surface area (TPSA) is 66.9 Å². The Bertz CT molecular complexity index is 556. The number of hydrogen-bond acceptors (Lipinski definition) is 4. The number of amides is 1. The molecule has 1 amide bonds. The van der Waals surface area contributed by atoms with Crippen LogP contribution in [0, 0.1) is 0 Å². The summed E-state index contributed by atoms with van der Waals surface area (Å²) >= 11 is 3.32. The molecule has 92 valence electrons. The van der Waals surface area contributed by atoms with Gasteiger partial charge in [0.2, 0.25) is 0 Å². The lowest BCUT2D eigenvalue weighted by molar-refractivity contribution is 0.102. The lowest BCUT2D eigenvalue weighted by Crippen LogP contribution is -2.12. The third kappa shape index (κ3) is 2.84. The Morgan fingerprint density at radius 1 is 1.28 bits per heavy atom. The summed E-state index contributed by atoms with van der Waals surface area (Å²) in [7, 11) is 1.77. The van der Waals surface area contributed by atoms with Gasteiger partial charge >= 0.3 is 0 Å². The van der Waals surface area contributed by atoms with Gasteiger partial charge in [0.1, 0.15) is 5.82 Å². The molecular formula is C12H11BrN4O. The molecule has 0 radical (unpaired) electrons. The maximum absolute atomic E-state index is 12.0. The fraction of sp³-hybridized carbons (Fsp3) is 0.0833. The van der Waals surface area contributed by atoms with Gasteiger partial charge in [0.25, 0.3) is 5.91 Å². The molecule has 0 aliphatic heterocycles. The molecule has 0 spiro atoms. The molecule has 2 N–H and O–H groups in total. The summed E-state index contributed by atoms with van der Waals surface area (Å²) in [6, 6.07) is 5.18. The van der Waals surface area contributed by atoms with Crippen LogP contribution in [0.2, 0.25) is 0 Å². The minimum atomic E-state index is -0.211. The first kappa shape index (κ1) is 12.5. The molecule has 0 fully saturated rings. The van der Waals surface area contributed by atoms with Crippen LogP contribution >= 0.6 is 15.9 Å². The van der Waals surface area contributed by atoms with Crippen LogP contribution in [0.3, 0.4) is 0 Å². The van der Waals surface area contributed by atoms with E-state index in [9.17, 15) is 4.79 Å². The van der Waals surface area contributed by atoms with Gasteiger partial charge in [-0.3, -0.25) is 9.78 Å². The lowest BCUT2D eigenvalue weighted by Gasteiger charge is -2.07. The summed E-state index contributed by atoms with van der Waals surface area (Å²) in [5, 5.41) is 5.67. The summed E-state index contributed by atoms with van der Waals surface area (Å²) in [5.74, 6) is 0.508. The van der Waals surface area contributed by atoms with Gasteiger partial charge in [0.15, 0.2) is 0 Å². The third-order valence-corrected chi connectivity index (χ3v) is 2.93. The van der Waals surface area contributed by atoms with E-state index in [1.165, 1.54) is 6.20 Å². The minimum absolute atomic E-state index is 0.211. The first-order chi connectivity index (χ1) is 8.70. The zero-order valence-electron chi connectivity index (χ0n) is 9.64. The lowest BCUT2D eigenvalue weighted by atomic mass is 10.2. The quantitative estimate of drug-likeness (QED) is 0.914. The van der Waals surface area contributed by atoms with Crippen molar-refractivity contribution < 1.29 is 4.79 Å². The van der Waals surface area contributed by atoms with E-state index in [1.807, 2.05) is 0 Å². The van der Waals surface area contributed by atoms with E-state index >= 15 is 0 Å².